The van der Waals surface area contributed by atoms with Gasteiger partial charge in [0.05, 0.1) is 44.8 Å². The quantitative estimate of drug-likeness (QED) is 0.213. The number of fused-ring (bicyclic) bond motifs is 2. The monoisotopic (exact) mass is 686 g/mol. The van der Waals surface area contributed by atoms with Crippen molar-refractivity contribution < 1.29 is 26.0 Å². The number of alkyl halides is 2. The van der Waals surface area contributed by atoms with Crippen molar-refractivity contribution in [2.75, 3.05) is 11.0 Å². The highest BCUT2D eigenvalue weighted by atomic mass is 79.9. The molecule has 2 aromatic heterocycles. The van der Waals surface area contributed by atoms with E-state index in [1.165, 1.54) is 18.2 Å². The maximum atomic E-state index is 14.0. The average Bonchev–Trinajstić information content (AvgIpc) is 3.20. The fourth-order valence-electron chi connectivity index (χ4n) is 4.68. The number of aromatic nitrogens is 4. The van der Waals surface area contributed by atoms with Crippen LogP contribution in [0, 0.1) is 11.6 Å². The SMILES string of the molecule is CS(=O)(=O)Nc1nn(CC(F)F)c2c(-n3c(C(N)Cc4cc(F)cc(F)c4)nc4cc(Br)ccc4c3=O)ccc(Cl)c12. The average molecular weight is 688 g/mol. The summed E-state index contributed by atoms with van der Waals surface area (Å²) < 4.78 is 84.0. The zero-order valence-electron chi connectivity index (χ0n) is 21.5. The second-order valence-corrected chi connectivity index (χ2v) is 12.5. The lowest BCUT2D eigenvalue weighted by atomic mass is 10.0. The van der Waals surface area contributed by atoms with Gasteiger partial charge in [-0.05, 0) is 54.4 Å². The largest absolute Gasteiger partial charge is 0.321 e. The molecular weight excluding hydrogens is 668 g/mol. The molecule has 1 atom stereocenters. The lowest BCUT2D eigenvalue weighted by molar-refractivity contribution is 0.123. The van der Waals surface area contributed by atoms with Gasteiger partial charge in [0, 0.05) is 10.5 Å². The number of sulfonamides is 1. The molecule has 0 amide bonds. The fraction of sp³-hybridized carbons (Fsp3) is 0.192. The van der Waals surface area contributed by atoms with E-state index in [1.54, 1.807) is 12.1 Å². The highest BCUT2D eigenvalue weighted by molar-refractivity contribution is 9.10. The number of halogens is 6. The molecule has 0 spiro atoms. The maximum Gasteiger partial charge on any atom is 0.266 e. The van der Waals surface area contributed by atoms with Crippen LogP contribution in [0.15, 0.2) is 57.8 Å². The second-order valence-electron chi connectivity index (χ2n) is 9.45. The number of nitrogens with one attached hydrogen (secondary N) is 1. The molecule has 5 rings (SSSR count). The maximum absolute atomic E-state index is 14.0. The first kappa shape index (κ1) is 29.9. The molecule has 0 radical (unpaired) electrons. The van der Waals surface area contributed by atoms with Crippen LogP contribution in [0.25, 0.3) is 27.5 Å². The fourth-order valence-corrected chi connectivity index (χ4v) is 5.77. The molecule has 16 heteroatoms. The van der Waals surface area contributed by atoms with Crippen molar-refractivity contribution >= 4 is 65.2 Å². The molecule has 0 aliphatic carbocycles. The second kappa shape index (κ2) is 11.3. The topological polar surface area (TPSA) is 125 Å². The molecular formula is C26H20BrClF4N6O3S. The van der Waals surface area contributed by atoms with Gasteiger partial charge in [-0.25, -0.2) is 31.0 Å². The number of hydrogen-bond acceptors (Lipinski definition) is 6. The third-order valence-corrected chi connectivity index (χ3v) is 7.59. The van der Waals surface area contributed by atoms with E-state index in [0.717, 1.165) is 27.6 Å². The van der Waals surface area contributed by atoms with E-state index in [-0.39, 0.29) is 56.1 Å². The Bertz CT molecular complexity index is 2020. The number of nitrogens with zero attached hydrogens (tertiary/aromatic N) is 4. The Morgan fingerprint density at radius 2 is 1.79 bits per heavy atom. The molecule has 0 saturated carbocycles. The minimum Gasteiger partial charge on any atom is -0.321 e. The Kier molecular flexibility index (Phi) is 8.04. The summed E-state index contributed by atoms with van der Waals surface area (Å²) in [7, 11) is -3.92. The van der Waals surface area contributed by atoms with Gasteiger partial charge in [-0.15, -0.1) is 0 Å². The van der Waals surface area contributed by atoms with E-state index < -0.39 is 46.2 Å². The predicted octanol–water partition coefficient (Wildman–Crippen LogP) is 5.31. The van der Waals surface area contributed by atoms with Crippen molar-refractivity contribution in [2.24, 2.45) is 5.73 Å². The Balaban J connectivity index is 1.84. The van der Waals surface area contributed by atoms with E-state index >= 15 is 0 Å². The van der Waals surface area contributed by atoms with E-state index in [1.807, 2.05) is 0 Å². The smallest absolute Gasteiger partial charge is 0.266 e. The van der Waals surface area contributed by atoms with Gasteiger partial charge < -0.3 is 5.73 Å². The zero-order valence-corrected chi connectivity index (χ0v) is 24.6. The summed E-state index contributed by atoms with van der Waals surface area (Å²) in [4.78, 5) is 18.6. The summed E-state index contributed by atoms with van der Waals surface area (Å²) in [6, 6.07) is 9.14. The van der Waals surface area contributed by atoms with Crippen molar-refractivity contribution in [3.63, 3.8) is 0 Å². The molecule has 42 heavy (non-hydrogen) atoms. The molecule has 0 fully saturated rings. The number of benzene rings is 3. The molecule has 0 aliphatic rings. The van der Waals surface area contributed by atoms with Gasteiger partial charge in [0.2, 0.25) is 10.0 Å². The predicted molar refractivity (Wildman–Crippen MR) is 155 cm³/mol. The normalized spacial score (nSPS) is 12.9. The van der Waals surface area contributed by atoms with Crippen LogP contribution in [-0.4, -0.2) is 40.4 Å². The third-order valence-electron chi connectivity index (χ3n) is 6.22. The summed E-state index contributed by atoms with van der Waals surface area (Å²) in [6.45, 7) is -0.970. The van der Waals surface area contributed by atoms with Gasteiger partial charge in [-0.2, -0.15) is 5.10 Å². The minimum absolute atomic E-state index is 0.0257. The van der Waals surface area contributed by atoms with E-state index in [4.69, 9.17) is 17.3 Å². The van der Waals surface area contributed by atoms with Gasteiger partial charge in [-0.3, -0.25) is 18.8 Å². The molecule has 0 saturated heterocycles. The van der Waals surface area contributed by atoms with Crippen LogP contribution in [0.3, 0.4) is 0 Å². The standard InChI is InChI=1S/C26H20BrClF4N6O3S/c1-42(40,41)36-24-22-17(28)4-5-20(23(22)37(35-24)11-21(31)32)38-25(18(33)8-12-6-14(29)10-15(30)7-12)34-19-9-13(27)2-3-16(19)26(38)39/h2-7,9-10,18,21H,8,11,33H2,1H3,(H,35,36). The van der Waals surface area contributed by atoms with E-state index in [2.05, 4.69) is 30.7 Å². The lowest BCUT2D eigenvalue weighted by Gasteiger charge is -2.20. The van der Waals surface area contributed by atoms with E-state index in [0.29, 0.717) is 10.5 Å². The van der Waals surface area contributed by atoms with E-state index in [9.17, 15) is 30.8 Å². The van der Waals surface area contributed by atoms with Crippen molar-refractivity contribution in [3.8, 4) is 5.69 Å². The molecule has 220 valence electrons. The Hall–Kier alpha value is -3.53. The van der Waals surface area contributed by atoms with Gasteiger partial charge >= 0.3 is 0 Å². The number of hydrogen-bond donors (Lipinski definition) is 2. The molecule has 0 aliphatic heterocycles. The van der Waals surface area contributed by atoms with Gasteiger partial charge in [0.1, 0.15) is 24.0 Å². The minimum atomic E-state index is -3.92. The summed E-state index contributed by atoms with van der Waals surface area (Å²) in [6.07, 6.45) is -2.22. The van der Waals surface area contributed by atoms with Crippen LogP contribution in [0.1, 0.15) is 17.4 Å². The van der Waals surface area contributed by atoms with Crippen molar-refractivity contribution in [3.05, 3.63) is 91.4 Å². The summed E-state index contributed by atoms with van der Waals surface area (Å²) >= 11 is 9.75. The van der Waals surface area contributed by atoms with Crippen molar-refractivity contribution in [2.45, 2.75) is 25.4 Å². The molecule has 0 bridgehead atoms. The van der Waals surface area contributed by atoms with Crippen LogP contribution >= 0.6 is 27.5 Å². The first-order valence-electron chi connectivity index (χ1n) is 12.1. The van der Waals surface area contributed by atoms with Crippen LogP contribution < -0.4 is 16.0 Å². The Labute approximate surface area is 249 Å². The summed E-state index contributed by atoms with van der Waals surface area (Å²) in [5.41, 5.74) is 6.16. The van der Waals surface area contributed by atoms with Crippen LogP contribution in [0.2, 0.25) is 5.02 Å². The first-order chi connectivity index (χ1) is 19.7. The lowest BCUT2D eigenvalue weighted by Crippen LogP contribution is -2.30. The number of anilines is 1. The summed E-state index contributed by atoms with van der Waals surface area (Å²) in [5.74, 6) is -2.05. The third kappa shape index (κ3) is 6.00. The molecule has 3 N–H and O–H groups in total. The molecule has 3 aromatic carbocycles. The van der Waals surface area contributed by atoms with Crippen LogP contribution in [0.4, 0.5) is 23.4 Å². The zero-order chi connectivity index (χ0) is 30.5. The molecule has 2 heterocycles. The van der Waals surface area contributed by atoms with Gasteiger partial charge in [0.15, 0.2) is 5.82 Å². The molecule has 9 nitrogen and oxygen atoms in total. The number of rotatable bonds is 8. The van der Waals surface area contributed by atoms with Gasteiger partial charge in [0.25, 0.3) is 12.0 Å². The Morgan fingerprint density at radius 1 is 1.10 bits per heavy atom. The van der Waals surface area contributed by atoms with Crippen LogP contribution in [0.5, 0.6) is 0 Å². The first-order valence-corrected chi connectivity index (χ1v) is 15.2. The number of nitrogens with two attached hydrogens (primary N) is 1. The van der Waals surface area contributed by atoms with Crippen molar-refractivity contribution in [1.29, 1.82) is 0 Å². The summed E-state index contributed by atoms with van der Waals surface area (Å²) in [5, 5.41) is 4.09. The molecule has 1 unspecified atom stereocenters. The highest BCUT2D eigenvalue weighted by Crippen LogP contribution is 2.36. The Morgan fingerprint density at radius 3 is 2.43 bits per heavy atom. The highest BCUT2D eigenvalue weighted by Gasteiger charge is 2.26. The van der Waals surface area contributed by atoms with Crippen molar-refractivity contribution in [1.82, 2.24) is 19.3 Å². The van der Waals surface area contributed by atoms with Gasteiger partial charge in [-0.1, -0.05) is 27.5 Å². The molecule has 5 aromatic rings. The van der Waals surface area contributed by atoms with Crippen LogP contribution in [-0.2, 0) is 23.0 Å².